The van der Waals surface area contributed by atoms with Crippen LogP contribution < -0.4 is 15.6 Å². The topological polar surface area (TPSA) is 73.2 Å². The first-order chi connectivity index (χ1) is 17.5. The van der Waals surface area contributed by atoms with Crippen LogP contribution in [0.5, 0.6) is 5.75 Å². The number of hydrogen-bond donors (Lipinski definition) is 1. The third-order valence-corrected chi connectivity index (χ3v) is 7.37. The van der Waals surface area contributed by atoms with Gasteiger partial charge in [-0.2, -0.15) is 0 Å². The normalized spacial score (nSPS) is 13.7. The lowest BCUT2D eigenvalue weighted by atomic mass is 10.1. The summed E-state index contributed by atoms with van der Waals surface area (Å²) in [5.74, 6) is 0.652. The van der Waals surface area contributed by atoms with Crippen LogP contribution in [-0.4, -0.2) is 28.6 Å². The maximum Gasteiger partial charge on any atom is 0.266 e. The van der Waals surface area contributed by atoms with Crippen molar-refractivity contribution in [3.8, 4) is 11.4 Å². The lowest BCUT2D eigenvalue weighted by molar-refractivity contribution is 0.0938. The first-order valence-corrected chi connectivity index (χ1v) is 12.9. The van der Waals surface area contributed by atoms with Crippen LogP contribution in [-0.2, 0) is 5.75 Å². The lowest BCUT2D eigenvalue weighted by Crippen LogP contribution is -2.32. The summed E-state index contributed by atoms with van der Waals surface area (Å²) in [4.78, 5) is 31.2. The van der Waals surface area contributed by atoms with Crippen molar-refractivity contribution in [3.05, 3.63) is 94.0 Å². The standard InChI is InChI=1S/C28H26FN3O3S/c1-35-23-11-4-6-18(14-23)17-36-28-31-25-15-19(26(33)30-21-8-2-3-9-21)12-13-24(25)27(34)32(28)22-10-5-7-20(29)16-22/h4-7,10-16,21H,2-3,8-9,17H2,1H3,(H,30,33). The Balaban J connectivity index is 1.55. The number of aromatic nitrogens is 2. The number of nitrogens with one attached hydrogen (secondary N) is 1. The molecule has 1 heterocycles. The highest BCUT2D eigenvalue weighted by atomic mass is 32.2. The molecule has 0 unspecified atom stereocenters. The molecule has 1 aromatic heterocycles. The number of amides is 1. The number of nitrogens with zero attached hydrogens (tertiary/aromatic N) is 2. The zero-order valence-corrected chi connectivity index (χ0v) is 20.7. The van der Waals surface area contributed by atoms with E-state index in [9.17, 15) is 14.0 Å². The van der Waals surface area contributed by atoms with Crippen molar-refractivity contribution in [3.63, 3.8) is 0 Å². The second-order valence-corrected chi connectivity index (χ2v) is 9.78. The molecule has 0 aliphatic heterocycles. The molecule has 184 valence electrons. The fourth-order valence-corrected chi connectivity index (χ4v) is 5.45. The smallest absolute Gasteiger partial charge is 0.266 e. The Kier molecular flexibility index (Phi) is 7.04. The summed E-state index contributed by atoms with van der Waals surface area (Å²) in [6, 6.07) is 18.7. The zero-order chi connectivity index (χ0) is 25.1. The summed E-state index contributed by atoms with van der Waals surface area (Å²) in [7, 11) is 1.61. The van der Waals surface area contributed by atoms with Gasteiger partial charge in [-0.05, 0) is 66.9 Å². The van der Waals surface area contributed by atoms with Crippen LogP contribution in [0.25, 0.3) is 16.6 Å². The molecule has 1 aliphatic rings. The highest BCUT2D eigenvalue weighted by molar-refractivity contribution is 7.98. The number of halogens is 1. The number of fused-ring (bicyclic) bond motifs is 1. The van der Waals surface area contributed by atoms with Gasteiger partial charge in [0.25, 0.3) is 11.5 Å². The summed E-state index contributed by atoms with van der Waals surface area (Å²) in [6.07, 6.45) is 4.22. The third-order valence-electron chi connectivity index (χ3n) is 6.36. The number of methoxy groups -OCH3 is 1. The first-order valence-electron chi connectivity index (χ1n) is 11.9. The average molecular weight is 504 g/mol. The van der Waals surface area contributed by atoms with E-state index in [2.05, 4.69) is 5.32 Å². The minimum Gasteiger partial charge on any atom is -0.497 e. The van der Waals surface area contributed by atoms with Crippen LogP contribution in [0.1, 0.15) is 41.6 Å². The summed E-state index contributed by atoms with van der Waals surface area (Å²) < 4.78 is 20.8. The predicted molar refractivity (Wildman–Crippen MR) is 140 cm³/mol. The monoisotopic (exact) mass is 503 g/mol. The summed E-state index contributed by atoms with van der Waals surface area (Å²) >= 11 is 1.36. The SMILES string of the molecule is COc1cccc(CSc2nc3cc(C(=O)NC4CCCC4)ccc3c(=O)n2-c2cccc(F)c2)c1. The summed E-state index contributed by atoms with van der Waals surface area (Å²) in [5, 5.41) is 3.86. The third kappa shape index (κ3) is 5.14. The van der Waals surface area contributed by atoms with E-state index in [-0.39, 0.29) is 17.5 Å². The van der Waals surface area contributed by atoms with E-state index in [1.807, 2.05) is 24.3 Å². The Labute approximate surface area is 212 Å². The van der Waals surface area contributed by atoms with E-state index < -0.39 is 5.82 Å². The highest BCUT2D eigenvalue weighted by Gasteiger charge is 2.20. The van der Waals surface area contributed by atoms with Gasteiger partial charge in [0.1, 0.15) is 11.6 Å². The largest absolute Gasteiger partial charge is 0.497 e. The Hall–Kier alpha value is -3.65. The molecule has 1 saturated carbocycles. The summed E-state index contributed by atoms with van der Waals surface area (Å²) in [5.41, 5.74) is 1.96. The van der Waals surface area contributed by atoms with Crippen LogP contribution >= 0.6 is 11.8 Å². The van der Waals surface area contributed by atoms with Crippen molar-refractivity contribution in [2.45, 2.75) is 42.6 Å². The van der Waals surface area contributed by atoms with E-state index in [4.69, 9.17) is 9.72 Å². The van der Waals surface area contributed by atoms with Gasteiger partial charge in [0.05, 0.1) is 23.7 Å². The molecule has 0 bridgehead atoms. The Bertz CT molecular complexity index is 1480. The molecule has 1 fully saturated rings. The van der Waals surface area contributed by atoms with Gasteiger partial charge in [-0.1, -0.05) is 42.8 Å². The molecule has 1 N–H and O–H groups in total. The number of thioether (sulfide) groups is 1. The zero-order valence-electron chi connectivity index (χ0n) is 19.9. The molecule has 5 rings (SSSR count). The molecule has 3 aromatic carbocycles. The van der Waals surface area contributed by atoms with Crippen LogP contribution in [0.2, 0.25) is 0 Å². The van der Waals surface area contributed by atoms with Gasteiger partial charge >= 0.3 is 0 Å². The van der Waals surface area contributed by atoms with Crippen molar-refractivity contribution in [2.75, 3.05) is 7.11 Å². The van der Waals surface area contributed by atoms with Gasteiger partial charge in [0.15, 0.2) is 5.16 Å². The number of carbonyl (C=O) groups is 1. The van der Waals surface area contributed by atoms with Crippen molar-refractivity contribution in [2.24, 2.45) is 0 Å². The minimum absolute atomic E-state index is 0.162. The van der Waals surface area contributed by atoms with Gasteiger partial charge in [-0.3, -0.25) is 14.2 Å². The molecule has 0 atom stereocenters. The molecule has 0 saturated heterocycles. The predicted octanol–water partition coefficient (Wildman–Crippen LogP) is 5.50. The van der Waals surface area contributed by atoms with Crippen molar-refractivity contribution >= 4 is 28.6 Å². The van der Waals surface area contributed by atoms with Crippen molar-refractivity contribution < 1.29 is 13.9 Å². The average Bonchev–Trinajstić information content (AvgIpc) is 3.40. The molecule has 8 heteroatoms. The molecule has 4 aromatic rings. The highest BCUT2D eigenvalue weighted by Crippen LogP contribution is 2.27. The van der Waals surface area contributed by atoms with Crippen LogP contribution in [0.4, 0.5) is 4.39 Å². The molecule has 0 radical (unpaired) electrons. The van der Waals surface area contributed by atoms with Crippen LogP contribution in [0, 0.1) is 5.82 Å². The van der Waals surface area contributed by atoms with E-state index >= 15 is 0 Å². The quantitative estimate of drug-likeness (QED) is 0.266. The Morgan fingerprint density at radius 3 is 2.69 bits per heavy atom. The first kappa shape index (κ1) is 24.1. The van der Waals surface area contributed by atoms with E-state index in [1.165, 1.54) is 28.5 Å². The van der Waals surface area contributed by atoms with Crippen LogP contribution in [0.15, 0.2) is 76.7 Å². The minimum atomic E-state index is -0.442. The van der Waals surface area contributed by atoms with Gasteiger partial charge < -0.3 is 10.1 Å². The number of carbonyl (C=O) groups excluding carboxylic acids is 1. The van der Waals surface area contributed by atoms with Gasteiger partial charge in [0, 0.05) is 17.4 Å². The van der Waals surface area contributed by atoms with E-state index in [0.29, 0.717) is 33.1 Å². The molecular formula is C28H26FN3O3S. The molecule has 1 aliphatic carbocycles. The maximum atomic E-state index is 14.1. The summed E-state index contributed by atoms with van der Waals surface area (Å²) in [6.45, 7) is 0. The second-order valence-electron chi connectivity index (χ2n) is 8.84. The van der Waals surface area contributed by atoms with Gasteiger partial charge in [0.2, 0.25) is 0 Å². The van der Waals surface area contributed by atoms with Crippen LogP contribution in [0.3, 0.4) is 0 Å². The van der Waals surface area contributed by atoms with Gasteiger partial charge in [-0.25, -0.2) is 9.37 Å². The maximum absolute atomic E-state index is 14.1. The molecule has 1 amide bonds. The fraction of sp³-hybridized carbons (Fsp3) is 0.250. The van der Waals surface area contributed by atoms with E-state index in [0.717, 1.165) is 37.0 Å². The number of hydrogen-bond acceptors (Lipinski definition) is 5. The van der Waals surface area contributed by atoms with Crippen molar-refractivity contribution in [1.82, 2.24) is 14.9 Å². The molecule has 36 heavy (non-hydrogen) atoms. The van der Waals surface area contributed by atoms with E-state index in [1.54, 1.807) is 37.4 Å². The number of rotatable bonds is 7. The molecule has 0 spiro atoms. The Morgan fingerprint density at radius 1 is 1.11 bits per heavy atom. The second kappa shape index (κ2) is 10.5. The molecule has 6 nitrogen and oxygen atoms in total. The fourth-order valence-electron chi connectivity index (χ4n) is 4.50. The number of ether oxygens (including phenoxy) is 1. The Morgan fingerprint density at radius 2 is 1.92 bits per heavy atom. The number of benzene rings is 3. The van der Waals surface area contributed by atoms with Gasteiger partial charge in [-0.15, -0.1) is 0 Å². The lowest BCUT2D eigenvalue weighted by Gasteiger charge is -2.15. The molecular weight excluding hydrogens is 477 g/mol. The van der Waals surface area contributed by atoms with Crippen molar-refractivity contribution in [1.29, 1.82) is 0 Å².